The Morgan fingerprint density at radius 1 is 1.03 bits per heavy atom. The van der Waals surface area contributed by atoms with Gasteiger partial charge in [0.15, 0.2) is 0 Å². The van der Waals surface area contributed by atoms with Gasteiger partial charge in [-0.2, -0.15) is 0 Å². The molecule has 0 aromatic heterocycles. The molecule has 4 rings (SSSR count). The van der Waals surface area contributed by atoms with Crippen molar-refractivity contribution >= 4 is 40.2 Å². The number of likely N-dealkylation sites (N-methyl/N-ethyl adjacent to an activating group) is 1. The van der Waals surface area contributed by atoms with E-state index in [1.54, 1.807) is 13.0 Å². The fourth-order valence-electron chi connectivity index (χ4n) is 3.86. The minimum absolute atomic E-state index is 0.256. The lowest BCUT2D eigenvalue weighted by atomic mass is 9.90. The van der Waals surface area contributed by atoms with Crippen molar-refractivity contribution in [2.45, 2.75) is 12.5 Å². The Morgan fingerprint density at radius 3 is 2.50 bits per heavy atom. The van der Waals surface area contributed by atoms with Crippen LogP contribution in [0.4, 0.5) is 14.9 Å². The lowest BCUT2D eigenvalue weighted by Gasteiger charge is -2.23. The number of rotatable bonds is 6. The molecule has 2 N–H and O–H groups in total. The molecular weight excluding hydrogens is 439 g/mol. The summed E-state index contributed by atoms with van der Waals surface area (Å²) in [7, 11) is 1.38. The smallest absolute Gasteiger partial charge is 0.325 e. The predicted molar refractivity (Wildman–Crippen MR) is 124 cm³/mol. The van der Waals surface area contributed by atoms with E-state index in [0.717, 1.165) is 26.6 Å². The van der Waals surface area contributed by atoms with Crippen molar-refractivity contribution in [2.24, 2.45) is 0 Å². The first-order valence-electron chi connectivity index (χ1n) is 10.6. The quantitative estimate of drug-likeness (QED) is 0.551. The van der Waals surface area contributed by atoms with Crippen molar-refractivity contribution in [3.05, 3.63) is 78.1 Å². The summed E-state index contributed by atoms with van der Waals surface area (Å²) in [5.74, 6) is -2.20. The van der Waals surface area contributed by atoms with E-state index >= 15 is 0 Å². The number of carbonyl (C=O) groups is 4. The van der Waals surface area contributed by atoms with E-state index in [1.807, 2.05) is 36.4 Å². The zero-order valence-corrected chi connectivity index (χ0v) is 18.7. The molecule has 3 aromatic rings. The molecule has 0 unspecified atom stereocenters. The Hall–Kier alpha value is -4.27. The molecular formula is C25H23FN4O4. The van der Waals surface area contributed by atoms with Crippen LogP contribution in [0.25, 0.3) is 10.8 Å². The van der Waals surface area contributed by atoms with Crippen LogP contribution in [0, 0.1) is 5.82 Å². The maximum Gasteiger partial charge on any atom is 0.325 e. The van der Waals surface area contributed by atoms with Crippen LogP contribution >= 0.6 is 0 Å². The summed E-state index contributed by atoms with van der Waals surface area (Å²) in [6, 6.07) is 17.8. The highest BCUT2D eigenvalue weighted by molar-refractivity contribution is 6.09. The second kappa shape index (κ2) is 8.93. The van der Waals surface area contributed by atoms with E-state index in [-0.39, 0.29) is 12.2 Å². The highest BCUT2D eigenvalue weighted by Crippen LogP contribution is 2.31. The fraction of sp³-hybridized carbons (Fsp3) is 0.200. The Kier molecular flexibility index (Phi) is 6.02. The normalized spacial score (nSPS) is 17.6. The number of anilines is 1. The minimum Gasteiger partial charge on any atom is -0.335 e. The Morgan fingerprint density at radius 2 is 1.76 bits per heavy atom. The van der Waals surface area contributed by atoms with Crippen molar-refractivity contribution in [3.63, 3.8) is 0 Å². The minimum atomic E-state index is -1.32. The lowest BCUT2D eigenvalue weighted by molar-refractivity contribution is -0.139. The van der Waals surface area contributed by atoms with Crippen LogP contribution in [0.1, 0.15) is 12.5 Å². The van der Waals surface area contributed by atoms with Crippen molar-refractivity contribution < 1.29 is 23.6 Å². The second-order valence-electron chi connectivity index (χ2n) is 8.32. The molecule has 0 aliphatic carbocycles. The second-order valence-corrected chi connectivity index (χ2v) is 8.32. The predicted octanol–water partition coefficient (Wildman–Crippen LogP) is 2.84. The number of carbonyl (C=O) groups excluding carboxylic acids is 4. The lowest BCUT2D eigenvalue weighted by Crippen LogP contribution is -2.45. The average molecular weight is 462 g/mol. The van der Waals surface area contributed by atoms with Gasteiger partial charge in [-0.1, -0.05) is 42.5 Å². The average Bonchev–Trinajstić information content (AvgIpc) is 3.02. The number of nitrogens with one attached hydrogen (secondary N) is 2. The highest BCUT2D eigenvalue weighted by atomic mass is 19.1. The van der Waals surface area contributed by atoms with E-state index in [1.165, 1.54) is 25.2 Å². The summed E-state index contributed by atoms with van der Waals surface area (Å²) in [6.07, 6.45) is 0. The zero-order chi connectivity index (χ0) is 24.5. The summed E-state index contributed by atoms with van der Waals surface area (Å²) < 4.78 is 13.3. The highest BCUT2D eigenvalue weighted by Gasteiger charge is 2.49. The number of halogens is 1. The van der Waals surface area contributed by atoms with Crippen LogP contribution in [0.15, 0.2) is 66.7 Å². The maximum atomic E-state index is 13.3. The van der Waals surface area contributed by atoms with Crippen LogP contribution in [0.2, 0.25) is 0 Å². The first-order chi connectivity index (χ1) is 16.2. The van der Waals surface area contributed by atoms with Gasteiger partial charge >= 0.3 is 6.03 Å². The topological polar surface area (TPSA) is 98.8 Å². The van der Waals surface area contributed by atoms with E-state index in [0.29, 0.717) is 5.56 Å². The van der Waals surface area contributed by atoms with Gasteiger partial charge in [0.1, 0.15) is 17.9 Å². The van der Waals surface area contributed by atoms with Crippen LogP contribution in [0.5, 0.6) is 0 Å². The number of imide groups is 1. The first kappa shape index (κ1) is 22.9. The van der Waals surface area contributed by atoms with Gasteiger partial charge in [0.25, 0.3) is 5.91 Å². The third-order valence-electron chi connectivity index (χ3n) is 5.81. The van der Waals surface area contributed by atoms with Gasteiger partial charge in [-0.3, -0.25) is 19.3 Å². The van der Waals surface area contributed by atoms with E-state index in [9.17, 15) is 23.6 Å². The first-order valence-corrected chi connectivity index (χ1v) is 10.6. The summed E-state index contributed by atoms with van der Waals surface area (Å²) in [5.41, 5.74) is -0.470. The van der Waals surface area contributed by atoms with Gasteiger partial charge in [-0.15, -0.1) is 0 Å². The maximum absolute atomic E-state index is 13.3. The zero-order valence-electron chi connectivity index (χ0n) is 18.7. The molecule has 34 heavy (non-hydrogen) atoms. The molecule has 1 aliphatic heterocycles. The SMILES string of the molecule is CN(CC(=O)Nc1cccc(F)c1)C(=O)CN1C(=O)N[C@](C)(c2ccc3ccccc3c2)C1=O. The van der Waals surface area contributed by atoms with E-state index in [4.69, 9.17) is 0 Å². The molecule has 0 bridgehead atoms. The third-order valence-corrected chi connectivity index (χ3v) is 5.81. The monoisotopic (exact) mass is 462 g/mol. The third kappa shape index (κ3) is 4.45. The number of fused-ring (bicyclic) bond motifs is 1. The van der Waals surface area contributed by atoms with Crippen molar-refractivity contribution in [1.29, 1.82) is 0 Å². The molecule has 174 valence electrons. The van der Waals surface area contributed by atoms with Crippen LogP contribution in [-0.4, -0.2) is 53.7 Å². The van der Waals surface area contributed by atoms with E-state index in [2.05, 4.69) is 10.6 Å². The van der Waals surface area contributed by atoms with Gasteiger partial charge in [0.2, 0.25) is 11.8 Å². The summed E-state index contributed by atoms with van der Waals surface area (Å²) in [6.45, 7) is 0.747. The number of nitrogens with zero attached hydrogens (tertiary/aromatic N) is 2. The molecule has 1 heterocycles. The van der Waals surface area contributed by atoms with Gasteiger partial charge < -0.3 is 15.5 Å². The van der Waals surface area contributed by atoms with Gasteiger partial charge in [0, 0.05) is 12.7 Å². The number of hydrogen-bond acceptors (Lipinski definition) is 4. The Labute approximate surface area is 195 Å². The van der Waals surface area contributed by atoms with Gasteiger partial charge in [0.05, 0.1) is 6.54 Å². The Bertz CT molecular complexity index is 1310. The molecule has 5 amide bonds. The number of urea groups is 1. The summed E-state index contributed by atoms with van der Waals surface area (Å²) >= 11 is 0. The van der Waals surface area contributed by atoms with Crippen LogP contribution < -0.4 is 10.6 Å². The molecule has 9 heteroatoms. The van der Waals surface area contributed by atoms with E-state index < -0.39 is 41.7 Å². The van der Waals surface area contributed by atoms with Crippen molar-refractivity contribution in [2.75, 3.05) is 25.5 Å². The molecule has 0 radical (unpaired) electrons. The summed E-state index contributed by atoms with van der Waals surface area (Å²) in [5, 5.41) is 7.10. The van der Waals surface area contributed by atoms with Crippen molar-refractivity contribution in [3.8, 4) is 0 Å². The molecule has 3 aromatic carbocycles. The fourth-order valence-corrected chi connectivity index (χ4v) is 3.86. The molecule has 1 fully saturated rings. The molecule has 0 spiro atoms. The molecule has 1 atom stereocenters. The number of benzene rings is 3. The summed E-state index contributed by atoms with van der Waals surface area (Å²) in [4.78, 5) is 52.6. The van der Waals surface area contributed by atoms with Crippen LogP contribution in [0.3, 0.4) is 0 Å². The molecule has 0 saturated carbocycles. The van der Waals surface area contributed by atoms with Crippen molar-refractivity contribution in [1.82, 2.24) is 15.1 Å². The van der Waals surface area contributed by atoms with Gasteiger partial charge in [-0.05, 0) is 47.5 Å². The Balaban J connectivity index is 1.42. The molecule has 1 aliphatic rings. The van der Waals surface area contributed by atoms with Gasteiger partial charge in [-0.25, -0.2) is 9.18 Å². The largest absolute Gasteiger partial charge is 0.335 e. The number of amides is 5. The number of hydrogen-bond donors (Lipinski definition) is 2. The molecule has 1 saturated heterocycles. The standard InChI is InChI=1S/C25H23FN4O4/c1-25(18-11-10-16-6-3-4-7-17(16)12-18)23(33)30(24(34)28-25)15-22(32)29(2)14-21(31)27-20-9-5-8-19(26)13-20/h3-13H,14-15H2,1-2H3,(H,27,31)(H,28,34)/t25-/m1/s1. The molecule has 8 nitrogen and oxygen atoms in total. The van der Waals surface area contributed by atoms with Crippen LogP contribution in [-0.2, 0) is 19.9 Å².